The summed E-state index contributed by atoms with van der Waals surface area (Å²) in [5.74, 6) is 0.762. The number of nitrogens with two attached hydrogens (primary N) is 1. The Morgan fingerprint density at radius 1 is 1.26 bits per heavy atom. The Kier molecular flexibility index (Phi) is 4.60. The van der Waals surface area contributed by atoms with Gasteiger partial charge in [-0.3, -0.25) is 0 Å². The van der Waals surface area contributed by atoms with E-state index in [4.69, 9.17) is 5.73 Å². The minimum Gasteiger partial charge on any atom is -0.326 e. The summed E-state index contributed by atoms with van der Waals surface area (Å²) in [6, 6.07) is 10.3. The van der Waals surface area contributed by atoms with Gasteiger partial charge in [0.25, 0.3) is 0 Å². The summed E-state index contributed by atoms with van der Waals surface area (Å²) in [4.78, 5) is 2.16. The molecular weight excluding hydrogens is 260 g/mol. The topological polar surface area (TPSA) is 63.4 Å². The van der Waals surface area contributed by atoms with Crippen LogP contribution in [0.3, 0.4) is 0 Å². The summed E-state index contributed by atoms with van der Waals surface area (Å²) < 4.78 is 23.1. The van der Waals surface area contributed by atoms with Crippen LogP contribution < -0.4 is 5.73 Å². The molecule has 0 saturated carbocycles. The third kappa shape index (κ3) is 3.78. The number of hydrogen-bond donors (Lipinski definition) is 1. The van der Waals surface area contributed by atoms with Crippen LogP contribution in [0.25, 0.3) is 0 Å². The maximum absolute atomic E-state index is 11.5. The van der Waals surface area contributed by atoms with Gasteiger partial charge in [-0.05, 0) is 5.56 Å². The molecule has 2 atom stereocenters. The zero-order valence-electron chi connectivity index (χ0n) is 11.3. The lowest BCUT2D eigenvalue weighted by molar-refractivity contribution is 0.351. The molecule has 19 heavy (non-hydrogen) atoms. The average Bonchev–Trinajstić information content (AvgIpc) is 2.79. The highest BCUT2D eigenvalue weighted by Gasteiger charge is 2.31. The molecule has 1 saturated heterocycles. The van der Waals surface area contributed by atoms with Crippen LogP contribution in [0.15, 0.2) is 30.3 Å². The minimum atomic E-state index is -2.89. The molecule has 2 N–H and O–H groups in total. The monoisotopic (exact) mass is 282 g/mol. The van der Waals surface area contributed by atoms with Gasteiger partial charge in [0.2, 0.25) is 0 Å². The van der Waals surface area contributed by atoms with Crippen molar-refractivity contribution in [1.82, 2.24) is 4.90 Å². The third-order valence-electron chi connectivity index (χ3n) is 3.83. The van der Waals surface area contributed by atoms with Crippen molar-refractivity contribution in [3.05, 3.63) is 35.9 Å². The molecular formula is C14H22N2O2S. The molecule has 0 aromatic heterocycles. The van der Waals surface area contributed by atoms with Gasteiger partial charge in [-0.25, -0.2) is 8.42 Å². The van der Waals surface area contributed by atoms with E-state index in [-0.39, 0.29) is 17.5 Å². The highest BCUT2D eigenvalue weighted by atomic mass is 32.2. The molecule has 1 heterocycles. The molecule has 0 radical (unpaired) electrons. The number of likely N-dealkylation sites (tertiary alicyclic amines) is 1. The van der Waals surface area contributed by atoms with Gasteiger partial charge in [-0.1, -0.05) is 37.3 Å². The van der Waals surface area contributed by atoms with Crippen LogP contribution in [0.5, 0.6) is 0 Å². The SMILES string of the molecule is CCS(=O)(=O)CCN1C[C@@H](N)[C@H](c2ccccc2)C1. The van der Waals surface area contributed by atoms with Crippen LogP contribution in [0, 0.1) is 0 Å². The van der Waals surface area contributed by atoms with Crippen molar-refractivity contribution in [2.75, 3.05) is 31.1 Å². The van der Waals surface area contributed by atoms with Crippen LogP contribution in [-0.2, 0) is 9.84 Å². The fraction of sp³-hybridized carbons (Fsp3) is 0.571. The summed E-state index contributed by atoms with van der Waals surface area (Å²) >= 11 is 0. The van der Waals surface area contributed by atoms with Gasteiger partial charge in [0.05, 0.1) is 5.75 Å². The molecule has 2 rings (SSSR count). The first-order valence-electron chi connectivity index (χ1n) is 6.75. The number of nitrogens with zero attached hydrogens (tertiary/aromatic N) is 1. The van der Waals surface area contributed by atoms with Crippen LogP contribution in [0.4, 0.5) is 0 Å². The van der Waals surface area contributed by atoms with Crippen molar-refractivity contribution in [2.45, 2.75) is 18.9 Å². The third-order valence-corrected chi connectivity index (χ3v) is 5.51. The Morgan fingerprint density at radius 2 is 1.95 bits per heavy atom. The lowest BCUT2D eigenvalue weighted by Gasteiger charge is -2.15. The molecule has 0 aliphatic carbocycles. The second kappa shape index (κ2) is 6.03. The maximum atomic E-state index is 11.5. The molecule has 1 aromatic carbocycles. The van der Waals surface area contributed by atoms with E-state index >= 15 is 0 Å². The molecule has 1 aromatic rings. The van der Waals surface area contributed by atoms with Crippen molar-refractivity contribution in [3.8, 4) is 0 Å². The van der Waals surface area contributed by atoms with Crippen molar-refractivity contribution in [3.63, 3.8) is 0 Å². The zero-order chi connectivity index (χ0) is 13.9. The van der Waals surface area contributed by atoms with Crippen LogP contribution in [-0.4, -0.2) is 50.5 Å². The van der Waals surface area contributed by atoms with E-state index in [1.807, 2.05) is 18.2 Å². The lowest BCUT2D eigenvalue weighted by Crippen LogP contribution is -2.31. The zero-order valence-corrected chi connectivity index (χ0v) is 12.1. The molecule has 4 nitrogen and oxygen atoms in total. The molecule has 5 heteroatoms. The predicted octanol–water partition coefficient (Wildman–Crippen LogP) is 0.848. The van der Waals surface area contributed by atoms with Gasteiger partial charge in [0.1, 0.15) is 0 Å². The Labute approximate surface area is 115 Å². The number of rotatable bonds is 5. The van der Waals surface area contributed by atoms with Gasteiger partial charge in [0.15, 0.2) is 9.84 Å². The van der Waals surface area contributed by atoms with E-state index in [2.05, 4.69) is 17.0 Å². The lowest BCUT2D eigenvalue weighted by atomic mass is 9.95. The molecule has 1 aliphatic heterocycles. The standard InChI is InChI=1S/C14H22N2O2S/c1-2-19(17,18)9-8-16-10-13(14(15)11-16)12-6-4-3-5-7-12/h3-7,13-14H,2,8-11,15H2,1H3/t13-,14+/m0/s1. The number of benzene rings is 1. The summed E-state index contributed by atoms with van der Waals surface area (Å²) in [5, 5.41) is 0. The van der Waals surface area contributed by atoms with Crippen molar-refractivity contribution >= 4 is 9.84 Å². The van der Waals surface area contributed by atoms with E-state index in [9.17, 15) is 8.42 Å². The molecule has 1 fully saturated rings. The van der Waals surface area contributed by atoms with Crippen LogP contribution in [0.1, 0.15) is 18.4 Å². The first kappa shape index (κ1) is 14.5. The van der Waals surface area contributed by atoms with Gasteiger partial charge < -0.3 is 10.6 Å². The van der Waals surface area contributed by atoms with Gasteiger partial charge in [-0.15, -0.1) is 0 Å². The Bertz CT molecular complexity index is 501. The fourth-order valence-corrected chi connectivity index (χ4v) is 3.39. The van der Waals surface area contributed by atoms with Crippen molar-refractivity contribution < 1.29 is 8.42 Å². The highest BCUT2D eigenvalue weighted by Crippen LogP contribution is 2.26. The minimum absolute atomic E-state index is 0.0896. The summed E-state index contributed by atoms with van der Waals surface area (Å²) in [6.07, 6.45) is 0. The maximum Gasteiger partial charge on any atom is 0.151 e. The van der Waals surface area contributed by atoms with Crippen molar-refractivity contribution in [1.29, 1.82) is 0 Å². The van der Waals surface area contributed by atoms with Gasteiger partial charge in [0, 0.05) is 37.3 Å². The van der Waals surface area contributed by atoms with E-state index in [0.29, 0.717) is 12.5 Å². The number of hydrogen-bond acceptors (Lipinski definition) is 4. The average molecular weight is 282 g/mol. The van der Waals surface area contributed by atoms with Gasteiger partial charge >= 0.3 is 0 Å². The van der Waals surface area contributed by atoms with E-state index < -0.39 is 9.84 Å². The molecule has 0 amide bonds. The normalized spacial score (nSPS) is 24.7. The first-order valence-corrected chi connectivity index (χ1v) is 8.57. The van der Waals surface area contributed by atoms with Crippen molar-refractivity contribution in [2.24, 2.45) is 5.73 Å². The molecule has 0 bridgehead atoms. The van der Waals surface area contributed by atoms with Crippen LogP contribution in [0.2, 0.25) is 0 Å². The van der Waals surface area contributed by atoms with E-state index in [0.717, 1.165) is 13.1 Å². The predicted molar refractivity (Wildman–Crippen MR) is 77.9 cm³/mol. The smallest absolute Gasteiger partial charge is 0.151 e. The summed E-state index contributed by atoms with van der Waals surface area (Å²) in [5.41, 5.74) is 7.43. The van der Waals surface area contributed by atoms with Crippen LogP contribution >= 0.6 is 0 Å². The second-order valence-electron chi connectivity index (χ2n) is 5.18. The van der Waals surface area contributed by atoms with E-state index in [1.54, 1.807) is 6.92 Å². The Balaban J connectivity index is 1.95. The fourth-order valence-electron chi connectivity index (χ4n) is 2.56. The Hall–Kier alpha value is -0.910. The molecule has 0 unspecified atom stereocenters. The second-order valence-corrected chi connectivity index (χ2v) is 7.65. The number of sulfone groups is 1. The quantitative estimate of drug-likeness (QED) is 0.869. The van der Waals surface area contributed by atoms with E-state index in [1.165, 1.54) is 5.56 Å². The molecule has 0 spiro atoms. The molecule has 1 aliphatic rings. The first-order chi connectivity index (χ1) is 9.02. The van der Waals surface area contributed by atoms with Gasteiger partial charge in [-0.2, -0.15) is 0 Å². The summed E-state index contributed by atoms with van der Waals surface area (Å²) in [7, 11) is -2.89. The largest absolute Gasteiger partial charge is 0.326 e. The molecule has 106 valence electrons. The highest BCUT2D eigenvalue weighted by molar-refractivity contribution is 7.91. The Morgan fingerprint density at radius 3 is 2.58 bits per heavy atom. The summed E-state index contributed by atoms with van der Waals surface area (Å²) in [6.45, 7) is 3.91.